The molecule has 14 heavy (non-hydrogen) atoms. The lowest BCUT2D eigenvalue weighted by Gasteiger charge is -2.08. The first kappa shape index (κ1) is 10.6. The maximum absolute atomic E-state index is 12.9. The second-order valence-electron chi connectivity index (χ2n) is 2.87. The van der Waals surface area contributed by atoms with Crippen LogP contribution in [0.15, 0.2) is 17.1 Å². The highest BCUT2D eigenvalue weighted by molar-refractivity contribution is 6.03. The van der Waals surface area contributed by atoms with Gasteiger partial charge < -0.3 is 5.32 Å². The van der Waals surface area contributed by atoms with Crippen LogP contribution in [0.25, 0.3) is 0 Å². The molecule has 0 amide bonds. The van der Waals surface area contributed by atoms with Gasteiger partial charge in [0.15, 0.2) is 11.6 Å². The van der Waals surface area contributed by atoms with Crippen LogP contribution in [0.3, 0.4) is 0 Å². The number of rotatable bonds is 2. The van der Waals surface area contributed by atoms with Crippen LogP contribution < -0.4 is 5.32 Å². The minimum absolute atomic E-state index is 0.534. The summed E-state index contributed by atoms with van der Waals surface area (Å²) in [5.74, 6) is -1.72. The highest BCUT2D eigenvalue weighted by atomic mass is 19.2. The third-order valence-electron chi connectivity index (χ3n) is 2.05. The van der Waals surface area contributed by atoms with E-state index in [9.17, 15) is 8.78 Å². The second-order valence-corrected chi connectivity index (χ2v) is 2.87. The van der Waals surface area contributed by atoms with E-state index in [1.54, 1.807) is 21.0 Å². The first-order chi connectivity index (χ1) is 6.60. The van der Waals surface area contributed by atoms with Crippen LogP contribution in [0.2, 0.25) is 0 Å². The molecule has 1 N–H and O–H groups in total. The Morgan fingerprint density at radius 1 is 1.29 bits per heavy atom. The summed E-state index contributed by atoms with van der Waals surface area (Å²) in [4.78, 5) is 3.93. The van der Waals surface area contributed by atoms with E-state index in [4.69, 9.17) is 0 Å². The lowest BCUT2D eigenvalue weighted by atomic mass is 10.1. The van der Waals surface area contributed by atoms with Gasteiger partial charge in [-0.05, 0) is 13.0 Å². The molecular formula is C10H12F2N2. The molecule has 0 heterocycles. The third-order valence-corrected chi connectivity index (χ3v) is 2.05. The predicted octanol–water partition coefficient (Wildman–Crippen LogP) is 2.45. The molecule has 0 aromatic heterocycles. The maximum atomic E-state index is 12.9. The van der Waals surface area contributed by atoms with E-state index in [1.807, 2.05) is 0 Å². The Balaban J connectivity index is 3.34. The molecule has 1 aromatic carbocycles. The van der Waals surface area contributed by atoms with Crippen molar-refractivity contribution in [2.75, 3.05) is 19.4 Å². The van der Waals surface area contributed by atoms with Gasteiger partial charge in [-0.1, -0.05) is 0 Å². The van der Waals surface area contributed by atoms with Crippen LogP contribution in [-0.4, -0.2) is 19.8 Å². The average Bonchev–Trinajstić information content (AvgIpc) is 2.20. The topological polar surface area (TPSA) is 24.4 Å². The van der Waals surface area contributed by atoms with Crippen molar-refractivity contribution >= 4 is 11.4 Å². The van der Waals surface area contributed by atoms with E-state index in [-0.39, 0.29) is 0 Å². The highest BCUT2D eigenvalue weighted by Crippen LogP contribution is 2.20. The summed E-state index contributed by atoms with van der Waals surface area (Å²) in [7, 11) is 3.26. The predicted molar refractivity (Wildman–Crippen MR) is 54.0 cm³/mol. The molecule has 0 aliphatic heterocycles. The summed E-state index contributed by atoms with van der Waals surface area (Å²) >= 11 is 0. The quantitative estimate of drug-likeness (QED) is 0.725. The van der Waals surface area contributed by atoms with E-state index in [2.05, 4.69) is 10.3 Å². The number of aliphatic imine (C=N–C) groups is 1. The third kappa shape index (κ3) is 1.89. The summed E-state index contributed by atoms with van der Waals surface area (Å²) < 4.78 is 25.8. The molecule has 2 nitrogen and oxygen atoms in total. The molecule has 1 rings (SSSR count). The summed E-state index contributed by atoms with van der Waals surface area (Å²) in [6.07, 6.45) is 0. The number of nitrogens with zero attached hydrogens (tertiary/aromatic N) is 1. The van der Waals surface area contributed by atoms with E-state index in [1.165, 1.54) is 0 Å². The average molecular weight is 198 g/mol. The van der Waals surface area contributed by atoms with Crippen LogP contribution in [0.4, 0.5) is 14.5 Å². The number of hydrogen-bond donors (Lipinski definition) is 1. The zero-order chi connectivity index (χ0) is 10.7. The van der Waals surface area contributed by atoms with E-state index in [0.717, 1.165) is 12.1 Å². The van der Waals surface area contributed by atoms with Crippen LogP contribution in [0.5, 0.6) is 0 Å². The van der Waals surface area contributed by atoms with Gasteiger partial charge in [-0.2, -0.15) is 0 Å². The van der Waals surface area contributed by atoms with Crippen molar-refractivity contribution in [2.24, 2.45) is 4.99 Å². The first-order valence-electron chi connectivity index (χ1n) is 4.20. The molecule has 1 aromatic rings. The van der Waals surface area contributed by atoms with Gasteiger partial charge in [0, 0.05) is 37.1 Å². The normalized spacial score (nSPS) is 11.6. The molecule has 0 saturated carbocycles. The monoisotopic (exact) mass is 198 g/mol. The fourth-order valence-electron chi connectivity index (χ4n) is 1.17. The second kappa shape index (κ2) is 4.17. The molecule has 0 aliphatic rings. The fourth-order valence-corrected chi connectivity index (χ4v) is 1.17. The Morgan fingerprint density at radius 2 is 1.86 bits per heavy atom. The van der Waals surface area contributed by atoms with Gasteiger partial charge in [-0.15, -0.1) is 0 Å². The molecule has 0 aliphatic carbocycles. The lowest BCUT2D eigenvalue weighted by molar-refractivity contribution is 0.509. The Hall–Kier alpha value is -1.45. The van der Waals surface area contributed by atoms with Gasteiger partial charge in [-0.3, -0.25) is 4.99 Å². The fraction of sp³-hybridized carbons (Fsp3) is 0.300. The van der Waals surface area contributed by atoms with Gasteiger partial charge >= 0.3 is 0 Å². The molecule has 0 radical (unpaired) electrons. The molecule has 0 bridgehead atoms. The lowest BCUT2D eigenvalue weighted by Crippen LogP contribution is -2.03. The van der Waals surface area contributed by atoms with Crippen LogP contribution in [0, 0.1) is 11.6 Å². The summed E-state index contributed by atoms with van der Waals surface area (Å²) in [6, 6.07) is 2.27. The van der Waals surface area contributed by atoms with Crippen molar-refractivity contribution in [3.63, 3.8) is 0 Å². The van der Waals surface area contributed by atoms with Gasteiger partial charge in [0.05, 0.1) is 0 Å². The van der Waals surface area contributed by atoms with Crippen LogP contribution in [-0.2, 0) is 0 Å². The number of hydrogen-bond acceptors (Lipinski definition) is 2. The maximum Gasteiger partial charge on any atom is 0.160 e. The Labute approximate surface area is 81.7 Å². The molecular weight excluding hydrogens is 186 g/mol. The highest BCUT2D eigenvalue weighted by Gasteiger charge is 2.10. The van der Waals surface area contributed by atoms with Crippen LogP contribution in [0.1, 0.15) is 12.5 Å². The Morgan fingerprint density at radius 3 is 2.36 bits per heavy atom. The van der Waals surface area contributed by atoms with E-state index in [0.29, 0.717) is 17.0 Å². The zero-order valence-corrected chi connectivity index (χ0v) is 8.36. The molecule has 4 heteroatoms. The summed E-state index contributed by atoms with van der Waals surface area (Å²) in [5.41, 5.74) is 1.77. The van der Waals surface area contributed by atoms with Crippen LogP contribution >= 0.6 is 0 Å². The van der Waals surface area contributed by atoms with E-state index < -0.39 is 11.6 Å². The first-order valence-corrected chi connectivity index (χ1v) is 4.20. The molecule has 0 atom stereocenters. The van der Waals surface area contributed by atoms with Crippen molar-refractivity contribution in [2.45, 2.75) is 6.92 Å². The standard InChI is InChI=1S/C10H12F2N2/c1-6(13-2)7-4-8(11)9(12)5-10(7)14-3/h4-5,14H,1-3H3. The molecule has 0 unspecified atom stereocenters. The Kier molecular flexibility index (Phi) is 3.17. The van der Waals surface area contributed by atoms with Gasteiger partial charge in [0.2, 0.25) is 0 Å². The minimum Gasteiger partial charge on any atom is -0.387 e. The van der Waals surface area contributed by atoms with Gasteiger partial charge in [0.1, 0.15) is 0 Å². The number of nitrogens with one attached hydrogen (secondary N) is 1. The zero-order valence-electron chi connectivity index (χ0n) is 8.36. The summed E-state index contributed by atoms with van der Waals surface area (Å²) in [5, 5.41) is 2.79. The Bertz CT molecular complexity index is 373. The molecule has 0 spiro atoms. The molecule has 76 valence electrons. The van der Waals surface area contributed by atoms with Crippen molar-refractivity contribution in [1.82, 2.24) is 0 Å². The SMILES string of the molecule is CN=C(C)c1cc(F)c(F)cc1NC. The van der Waals surface area contributed by atoms with Gasteiger partial charge in [0.25, 0.3) is 0 Å². The van der Waals surface area contributed by atoms with Crippen molar-refractivity contribution in [3.8, 4) is 0 Å². The number of benzene rings is 1. The van der Waals surface area contributed by atoms with E-state index >= 15 is 0 Å². The number of anilines is 1. The van der Waals surface area contributed by atoms with Crippen molar-refractivity contribution < 1.29 is 8.78 Å². The minimum atomic E-state index is -0.859. The van der Waals surface area contributed by atoms with Crippen molar-refractivity contribution in [3.05, 3.63) is 29.3 Å². The number of halogens is 2. The van der Waals surface area contributed by atoms with Gasteiger partial charge in [-0.25, -0.2) is 8.78 Å². The molecule has 0 fully saturated rings. The smallest absolute Gasteiger partial charge is 0.160 e. The largest absolute Gasteiger partial charge is 0.387 e. The summed E-state index contributed by atoms with van der Waals surface area (Å²) in [6.45, 7) is 1.74. The van der Waals surface area contributed by atoms with Crippen molar-refractivity contribution in [1.29, 1.82) is 0 Å². The molecule has 0 saturated heterocycles.